The summed E-state index contributed by atoms with van der Waals surface area (Å²) in [5.74, 6) is -0.231. The standard InChI is InChI=1S/C13H23N5O2/c1-3-13(4-2,11(14)17-20)12(19)15-7-5-9-18-10-6-8-16-18/h6,8,10,20H,3-5,7,9H2,1-2H3,(H2,14,17)(H,15,19). The lowest BCUT2D eigenvalue weighted by atomic mass is 9.80. The number of hydrogen-bond donors (Lipinski definition) is 3. The van der Waals surface area contributed by atoms with Gasteiger partial charge in [-0.1, -0.05) is 19.0 Å². The van der Waals surface area contributed by atoms with Crippen LogP contribution in [0.1, 0.15) is 33.1 Å². The van der Waals surface area contributed by atoms with E-state index in [4.69, 9.17) is 10.9 Å². The van der Waals surface area contributed by atoms with Crippen LogP contribution in [-0.2, 0) is 11.3 Å². The van der Waals surface area contributed by atoms with Gasteiger partial charge in [-0.2, -0.15) is 5.10 Å². The van der Waals surface area contributed by atoms with E-state index >= 15 is 0 Å². The second-order valence-electron chi connectivity index (χ2n) is 4.65. The summed E-state index contributed by atoms with van der Waals surface area (Å²) in [5.41, 5.74) is 4.75. The summed E-state index contributed by atoms with van der Waals surface area (Å²) in [5, 5.41) is 18.8. The highest BCUT2D eigenvalue weighted by molar-refractivity contribution is 6.06. The van der Waals surface area contributed by atoms with Crippen LogP contribution >= 0.6 is 0 Å². The van der Waals surface area contributed by atoms with Crippen molar-refractivity contribution in [1.29, 1.82) is 0 Å². The predicted molar refractivity (Wildman–Crippen MR) is 76.3 cm³/mol. The second-order valence-corrected chi connectivity index (χ2v) is 4.65. The van der Waals surface area contributed by atoms with E-state index < -0.39 is 5.41 Å². The summed E-state index contributed by atoms with van der Waals surface area (Å²) < 4.78 is 1.81. The smallest absolute Gasteiger partial charge is 0.233 e. The number of rotatable bonds is 8. The molecule has 7 nitrogen and oxygen atoms in total. The molecule has 1 aromatic heterocycles. The topological polar surface area (TPSA) is 106 Å². The summed E-state index contributed by atoms with van der Waals surface area (Å²) in [4.78, 5) is 12.3. The summed E-state index contributed by atoms with van der Waals surface area (Å²) >= 11 is 0. The first-order chi connectivity index (χ1) is 9.60. The summed E-state index contributed by atoms with van der Waals surface area (Å²) in [6.45, 7) is 4.97. The number of amides is 1. The van der Waals surface area contributed by atoms with E-state index in [2.05, 4.69) is 15.6 Å². The van der Waals surface area contributed by atoms with Gasteiger partial charge in [0.05, 0.1) is 0 Å². The maximum Gasteiger partial charge on any atom is 0.233 e. The zero-order chi connectivity index (χ0) is 15.0. The largest absolute Gasteiger partial charge is 0.409 e. The SMILES string of the molecule is CCC(CC)(C(=O)NCCCn1cccn1)/C(N)=N/O. The Bertz CT molecular complexity index is 438. The number of aryl methyl sites for hydroxylation is 1. The lowest BCUT2D eigenvalue weighted by Gasteiger charge is -2.28. The van der Waals surface area contributed by atoms with Crippen LogP contribution in [0.25, 0.3) is 0 Å². The molecule has 1 amide bonds. The van der Waals surface area contributed by atoms with E-state index in [1.807, 2.05) is 30.8 Å². The quantitative estimate of drug-likeness (QED) is 0.217. The highest BCUT2D eigenvalue weighted by Gasteiger charge is 2.39. The third-order valence-corrected chi connectivity index (χ3v) is 3.65. The molecular weight excluding hydrogens is 258 g/mol. The van der Waals surface area contributed by atoms with Gasteiger partial charge in [-0.3, -0.25) is 9.48 Å². The third kappa shape index (κ3) is 3.49. The Balaban J connectivity index is 2.50. The number of amidine groups is 1. The van der Waals surface area contributed by atoms with Gasteiger partial charge >= 0.3 is 0 Å². The van der Waals surface area contributed by atoms with Crippen LogP contribution in [0, 0.1) is 5.41 Å². The van der Waals surface area contributed by atoms with E-state index in [-0.39, 0.29) is 11.7 Å². The number of aromatic nitrogens is 2. The first kappa shape index (κ1) is 16.0. The zero-order valence-corrected chi connectivity index (χ0v) is 12.0. The average molecular weight is 281 g/mol. The zero-order valence-electron chi connectivity index (χ0n) is 12.0. The molecule has 20 heavy (non-hydrogen) atoms. The van der Waals surface area contributed by atoms with Crippen molar-refractivity contribution in [3.05, 3.63) is 18.5 Å². The number of nitrogens with two attached hydrogens (primary N) is 1. The van der Waals surface area contributed by atoms with Gasteiger partial charge in [-0.25, -0.2) is 0 Å². The van der Waals surface area contributed by atoms with Gasteiger partial charge in [-0.05, 0) is 25.3 Å². The van der Waals surface area contributed by atoms with Crippen molar-refractivity contribution in [3.63, 3.8) is 0 Å². The van der Waals surface area contributed by atoms with Crippen LogP contribution in [-0.4, -0.2) is 33.3 Å². The van der Waals surface area contributed by atoms with Crippen molar-refractivity contribution in [2.45, 2.75) is 39.7 Å². The van der Waals surface area contributed by atoms with Gasteiger partial charge in [0, 0.05) is 25.5 Å². The molecule has 4 N–H and O–H groups in total. The molecule has 0 unspecified atom stereocenters. The molecule has 112 valence electrons. The molecule has 0 saturated carbocycles. The molecule has 1 rings (SSSR count). The fourth-order valence-corrected chi connectivity index (χ4v) is 2.19. The minimum absolute atomic E-state index is 0.0351. The lowest BCUT2D eigenvalue weighted by molar-refractivity contribution is -0.128. The van der Waals surface area contributed by atoms with Crippen LogP contribution in [0.2, 0.25) is 0 Å². The average Bonchev–Trinajstić information content (AvgIpc) is 2.98. The van der Waals surface area contributed by atoms with E-state index in [0.717, 1.165) is 13.0 Å². The molecule has 0 fully saturated rings. The predicted octanol–water partition coefficient (Wildman–Crippen LogP) is 0.942. The van der Waals surface area contributed by atoms with Crippen LogP contribution in [0.5, 0.6) is 0 Å². The molecule has 0 aliphatic rings. The van der Waals surface area contributed by atoms with Gasteiger partial charge < -0.3 is 16.3 Å². The Kier molecular flexibility index (Phi) is 6.02. The first-order valence-corrected chi connectivity index (χ1v) is 6.84. The van der Waals surface area contributed by atoms with E-state index in [1.165, 1.54) is 0 Å². The van der Waals surface area contributed by atoms with E-state index in [1.54, 1.807) is 6.20 Å². The van der Waals surface area contributed by atoms with Crippen molar-refractivity contribution in [2.75, 3.05) is 6.54 Å². The van der Waals surface area contributed by atoms with Crippen LogP contribution in [0.3, 0.4) is 0 Å². The van der Waals surface area contributed by atoms with Crippen molar-refractivity contribution in [3.8, 4) is 0 Å². The Labute approximate surface area is 118 Å². The maximum absolute atomic E-state index is 12.3. The molecule has 0 atom stereocenters. The molecular formula is C13H23N5O2. The molecule has 1 heterocycles. The van der Waals surface area contributed by atoms with Crippen LogP contribution < -0.4 is 11.1 Å². The molecule has 0 aromatic carbocycles. The molecule has 0 saturated heterocycles. The maximum atomic E-state index is 12.3. The fraction of sp³-hybridized carbons (Fsp3) is 0.615. The number of nitrogens with one attached hydrogen (secondary N) is 1. The summed E-state index contributed by atoms with van der Waals surface area (Å²) in [7, 11) is 0. The second kappa shape index (κ2) is 7.52. The number of carbonyl (C=O) groups is 1. The summed E-state index contributed by atoms with van der Waals surface area (Å²) in [6.07, 6.45) is 5.35. The van der Waals surface area contributed by atoms with Gasteiger partial charge in [-0.15, -0.1) is 0 Å². The Morgan fingerprint density at radius 2 is 2.20 bits per heavy atom. The van der Waals surface area contributed by atoms with E-state index in [0.29, 0.717) is 19.4 Å². The van der Waals surface area contributed by atoms with Crippen LogP contribution in [0.15, 0.2) is 23.6 Å². The summed E-state index contributed by atoms with van der Waals surface area (Å²) in [6, 6.07) is 1.86. The number of nitrogens with zero attached hydrogens (tertiary/aromatic N) is 3. The van der Waals surface area contributed by atoms with Crippen molar-refractivity contribution >= 4 is 11.7 Å². The highest BCUT2D eigenvalue weighted by atomic mass is 16.4. The highest BCUT2D eigenvalue weighted by Crippen LogP contribution is 2.26. The number of carbonyl (C=O) groups excluding carboxylic acids is 1. The van der Waals surface area contributed by atoms with Gasteiger partial charge in [0.1, 0.15) is 5.41 Å². The fourth-order valence-electron chi connectivity index (χ4n) is 2.19. The minimum Gasteiger partial charge on any atom is -0.409 e. The normalized spacial score (nSPS) is 12.4. The van der Waals surface area contributed by atoms with Crippen molar-refractivity contribution in [2.24, 2.45) is 16.3 Å². The molecule has 0 aliphatic heterocycles. The molecule has 0 aliphatic carbocycles. The van der Waals surface area contributed by atoms with E-state index in [9.17, 15) is 4.79 Å². The van der Waals surface area contributed by atoms with Gasteiger partial charge in [0.25, 0.3) is 0 Å². The Morgan fingerprint density at radius 1 is 1.50 bits per heavy atom. The Hall–Kier alpha value is -2.05. The molecule has 1 aromatic rings. The van der Waals surface area contributed by atoms with Crippen LogP contribution in [0.4, 0.5) is 0 Å². The van der Waals surface area contributed by atoms with Gasteiger partial charge in [0.15, 0.2) is 5.84 Å². The van der Waals surface area contributed by atoms with Crippen molar-refractivity contribution < 1.29 is 10.0 Å². The molecule has 7 heteroatoms. The minimum atomic E-state index is -0.930. The first-order valence-electron chi connectivity index (χ1n) is 6.84. The van der Waals surface area contributed by atoms with Crippen molar-refractivity contribution in [1.82, 2.24) is 15.1 Å². The Morgan fingerprint density at radius 3 is 2.70 bits per heavy atom. The molecule has 0 radical (unpaired) electrons. The monoisotopic (exact) mass is 281 g/mol. The molecule has 0 spiro atoms. The van der Waals surface area contributed by atoms with Gasteiger partial charge in [0.2, 0.25) is 5.91 Å². The molecule has 0 bridgehead atoms. The third-order valence-electron chi connectivity index (χ3n) is 3.65. The lowest BCUT2D eigenvalue weighted by Crippen LogP contribution is -2.49. The number of hydrogen-bond acceptors (Lipinski definition) is 4. The number of oxime groups is 1.